The zero-order valence-electron chi connectivity index (χ0n) is 17.7. The Morgan fingerprint density at radius 3 is 2.45 bits per heavy atom. The fourth-order valence-corrected chi connectivity index (χ4v) is 5.21. The molecule has 31 heavy (non-hydrogen) atoms. The van der Waals surface area contributed by atoms with E-state index in [0.717, 1.165) is 55.7 Å². The van der Waals surface area contributed by atoms with Crippen LogP contribution in [0.4, 0.5) is 0 Å². The van der Waals surface area contributed by atoms with Gasteiger partial charge in [0.15, 0.2) is 0 Å². The maximum atomic E-state index is 13.4. The summed E-state index contributed by atoms with van der Waals surface area (Å²) in [4.78, 5) is 27.7. The van der Waals surface area contributed by atoms with Gasteiger partial charge in [0.25, 0.3) is 0 Å². The molecule has 3 aromatic rings. The first-order valence-corrected chi connectivity index (χ1v) is 11.0. The monoisotopic (exact) mass is 420 g/mol. The van der Waals surface area contributed by atoms with Crippen molar-refractivity contribution in [1.29, 1.82) is 0 Å². The van der Waals surface area contributed by atoms with E-state index < -0.39 is 11.9 Å². The number of para-hydroxylation sites is 3. The van der Waals surface area contributed by atoms with Crippen molar-refractivity contribution in [3.05, 3.63) is 64.6 Å². The van der Waals surface area contributed by atoms with Crippen molar-refractivity contribution >= 4 is 16.9 Å². The molecule has 1 saturated heterocycles. The zero-order chi connectivity index (χ0) is 21.5. The molecule has 5 rings (SSSR count). The predicted molar refractivity (Wildman–Crippen MR) is 119 cm³/mol. The summed E-state index contributed by atoms with van der Waals surface area (Å²) in [5.74, 6) is 0.485. The number of primary amides is 1. The Kier molecular flexibility index (Phi) is 5.06. The first-order valence-electron chi connectivity index (χ1n) is 11.0. The average molecular weight is 421 g/mol. The highest BCUT2D eigenvalue weighted by Crippen LogP contribution is 2.38. The van der Waals surface area contributed by atoms with E-state index in [2.05, 4.69) is 17.0 Å². The van der Waals surface area contributed by atoms with Crippen LogP contribution in [0.1, 0.15) is 49.9 Å². The number of imidazole rings is 1. The van der Waals surface area contributed by atoms with Crippen molar-refractivity contribution in [2.75, 3.05) is 19.7 Å². The molecule has 2 aliphatic heterocycles. The number of carbonyl (C=O) groups excluding carboxylic acids is 1. The number of nitrogens with zero attached hydrogens (tertiary/aromatic N) is 3. The van der Waals surface area contributed by atoms with Crippen LogP contribution in [0, 0.1) is 0 Å². The molecule has 2 aromatic carbocycles. The van der Waals surface area contributed by atoms with Crippen LogP contribution in [-0.2, 0) is 4.79 Å². The highest BCUT2D eigenvalue weighted by atomic mass is 16.5. The predicted octanol–water partition coefficient (Wildman–Crippen LogP) is 3.01. The Balaban J connectivity index is 1.43. The second-order valence-electron chi connectivity index (χ2n) is 8.55. The van der Waals surface area contributed by atoms with Crippen molar-refractivity contribution in [3.63, 3.8) is 0 Å². The average Bonchev–Trinajstić information content (AvgIpc) is 3.10. The smallest absolute Gasteiger partial charge is 0.330 e. The number of carbonyl (C=O) groups is 1. The van der Waals surface area contributed by atoms with Crippen molar-refractivity contribution in [2.24, 2.45) is 5.73 Å². The third-order valence-electron chi connectivity index (χ3n) is 6.84. The van der Waals surface area contributed by atoms with E-state index in [4.69, 9.17) is 10.5 Å². The molecule has 2 atom stereocenters. The number of fused-ring (bicyclic) bond motifs is 2. The van der Waals surface area contributed by atoms with Crippen LogP contribution in [0.2, 0.25) is 0 Å². The number of hydrogen-bond donors (Lipinski definition) is 1. The Hall–Kier alpha value is -3.06. The number of benzene rings is 2. The van der Waals surface area contributed by atoms with Crippen LogP contribution in [0.25, 0.3) is 11.0 Å². The molecule has 2 aliphatic rings. The molecular weight excluding hydrogens is 392 g/mol. The molecule has 7 nitrogen and oxygen atoms in total. The van der Waals surface area contributed by atoms with E-state index in [0.29, 0.717) is 6.04 Å². The maximum absolute atomic E-state index is 13.4. The third-order valence-corrected chi connectivity index (χ3v) is 6.84. The number of nitrogens with two attached hydrogens (primary N) is 1. The largest absolute Gasteiger partial charge is 0.493 e. The van der Waals surface area contributed by atoms with E-state index in [1.54, 1.807) is 11.5 Å². The van der Waals surface area contributed by atoms with E-state index in [9.17, 15) is 9.59 Å². The number of rotatable bonds is 4. The summed E-state index contributed by atoms with van der Waals surface area (Å²) in [6.07, 6.45) is 2.76. The molecule has 1 aromatic heterocycles. The topological polar surface area (TPSA) is 82.5 Å². The SMILES string of the molecule is CC(C(N)=O)n1c(=O)n(C2CCN(C3CCOc4ccccc43)CC2)c2ccccc21. The molecule has 1 amide bonds. The van der Waals surface area contributed by atoms with E-state index in [-0.39, 0.29) is 11.7 Å². The van der Waals surface area contributed by atoms with E-state index in [1.807, 2.05) is 41.0 Å². The second-order valence-corrected chi connectivity index (χ2v) is 8.55. The van der Waals surface area contributed by atoms with Gasteiger partial charge in [-0.15, -0.1) is 0 Å². The summed E-state index contributed by atoms with van der Waals surface area (Å²) >= 11 is 0. The molecule has 7 heteroatoms. The van der Waals surface area contributed by atoms with Crippen LogP contribution in [-0.4, -0.2) is 39.6 Å². The summed E-state index contributed by atoms with van der Waals surface area (Å²) in [5.41, 5.74) is 8.27. The Bertz CT molecular complexity index is 1170. The first kappa shape index (κ1) is 19.9. The van der Waals surface area contributed by atoms with Crippen LogP contribution < -0.4 is 16.2 Å². The minimum Gasteiger partial charge on any atom is -0.493 e. The molecule has 0 radical (unpaired) electrons. The molecule has 2 unspecified atom stereocenters. The number of amides is 1. The van der Waals surface area contributed by atoms with Crippen molar-refractivity contribution in [2.45, 2.75) is 44.3 Å². The normalized spacial score (nSPS) is 20.9. The molecule has 1 fully saturated rings. The lowest BCUT2D eigenvalue weighted by Gasteiger charge is -2.40. The standard InChI is InChI=1S/C24H28N4O3/c1-16(23(25)29)27-20-7-3-4-8-21(20)28(24(27)30)17-10-13-26(14-11-17)19-12-15-31-22-9-5-2-6-18(19)22/h2-9,16-17,19H,10-15H2,1H3,(H2,25,29). The van der Waals surface area contributed by atoms with Gasteiger partial charge in [-0.2, -0.15) is 0 Å². The summed E-state index contributed by atoms with van der Waals surface area (Å²) in [7, 11) is 0. The Morgan fingerprint density at radius 2 is 1.71 bits per heavy atom. The highest BCUT2D eigenvalue weighted by molar-refractivity contribution is 5.82. The molecule has 0 saturated carbocycles. The molecule has 162 valence electrons. The summed E-state index contributed by atoms with van der Waals surface area (Å²) in [6.45, 7) is 4.26. The summed E-state index contributed by atoms with van der Waals surface area (Å²) in [5, 5.41) is 0. The molecule has 0 bridgehead atoms. The van der Waals surface area contributed by atoms with Gasteiger partial charge in [0.05, 0.1) is 17.6 Å². The molecule has 0 spiro atoms. The Labute approximate surface area is 181 Å². The summed E-state index contributed by atoms with van der Waals surface area (Å²) < 4.78 is 9.25. The zero-order valence-corrected chi connectivity index (χ0v) is 17.7. The van der Waals surface area contributed by atoms with Gasteiger partial charge in [-0.1, -0.05) is 30.3 Å². The fraction of sp³-hybridized carbons (Fsp3) is 0.417. The Morgan fingerprint density at radius 1 is 1.03 bits per heavy atom. The summed E-state index contributed by atoms with van der Waals surface area (Å²) in [6, 6.07) is 15.7. The van der Waals surface area contributed by atoms with E-state index in [1.165, 1.54) is 5.56 Å². The van der Waals surface area contributed by atoms with Gasteiger partial charge >= 0.3 is 5.69 Å². The third kappa shape index (κ3) is 3.33. The van der Waals surface area contributed by atoms with Crippen LogP contribution >= 0.6 is 0 Å². The minimum atomic E-state index is -0.683. The highest BCUT2D eigenvalue weighted by Gasteiger charge is 2.32. The van der Waals surface area contributed by atoms with Crippen LogP contribution in [0.3, 0.4) is 0 Å². The second kappa shape index (κ2) is 7.89. The number of hydrogen-bond acceptors (Lipinski definition) is 4. The number of piperidine rings is 1. The number of ether oxygens (including phenoxy) is 1. The molecule has 3 heterocycles. The quantitative estimate of drug-likeness (QED) is 0.703. The van der Waals surface area contributed by atoms with Gasteiger partial charge in [0.2, 0.25) is 5.91 Å². The van der Waals surface area contributed by atoms with Crippen molar-refractivity contribution in [3.8, 4) is 5.75 Å². The number of likely N-dealkylation sites (tertiary alicyclic amines) is 1. The van der Waals surface area contributed by atoms with Gasteiger partial charge in [-0.25, -0.2) is 4.79 Å². The molecule has 2 N–H and O–H groups in total. The van der Waals surface area contributed by atoms with Gasteiger partial charge in [-0.05, 0) is 38.0 Å². The van der Waals surface area contributed by atoms with Gasteiger partial charge in [0, 0.05) is 37.2 Å². The van der Waals surface area contributed by atoms with E-state index >= 15 is 0 Å². The minimum absolute atomic E-state index is 0.102. The fourth-order valence-electron chi connectivity index (χ4n) is 5.21. The van der Waals surface area contributed by atoms with Crippen LogP contribution in [0.5, 0.6) is 5.75 Å². The lowest BCUT2D eigenvalue weighted by atomic mass is 9.95. The number of aromatic nitrogens is 2. The lowest BCUT2D eigenvalue weighted by Crippen LogP contribution is -2.41. The van der Waals surface area contributed by atoms with Gasteiger partial charge in [0.1, 0.15) is 11.8 Å². The maximum Gasteiger partial charge on any atom is 0.330 e. The van der Waals surface area contributed by atoms with Gasteiger partial charge < -0.3 is 10.5 Å². The first-order chi connectivity index (χ1) is 15.1. The molecule has 0 aliphatic carbocycles. The van der Waals surface area contributed by atoms with Crippen LogP contribution in [0.15, 0.2) is 53.3 Å². The van der Waals surface area contributed by atoms with Crippen molar-refractivity contribution in [1.82, 2.24) is 14.0 Å². The van der Waals surface area contributed by atoms with Gasteiger partial charge in [-0.3, -0.25) is 18.8 Å². The molecular formula is C24H28N4O3. The van der Waals surface area contributed by atoms with Crippen molar-refractivity contribution < 1.29 is 9.53 Å². The lowest BCUT2D eigenvalue weighted by molar-refractivity contribution is -0.120.